The highest BCUT2D eigenvalue weighted by Gasteiger charge is 2.69. The van der Waals surface area contributed by atoms with Gasteiger partial charge in [0.15, 0.2) is 17.5 Å². The molecule has 458 valence electrons. The number of allylic oxidation sites excluding steroid dienone is 2. The van der Waals surface area contributed by atoms with E-state index in [1.165, 1.54) is 75.3 Å². The normalized spacial score (nSPS) is 37.0. The van der Waals surface area contributed by atoms with Crippen LogP contribution in [0.15, 0.2) is 48.7 Å². The summed E-state index contributed by atoms with van der Waals surface area (Å²) in [4.78, 5) is 35.3. The third-order valence-electron chi connectivity index (χ3n) is 26.1. The Kier molecular flexibility index (Phi) is 11.9. The molecule has 13 unspecified atom stereocenters. The lowest BCUT2D eigenvalue weighted by molar-refractivity contribution is -0.328. The molecule has 1 aromatic heterocycles. The molecular formula is C74H80N2O12. The first-order valence-corrected chi connectivity index (χ1v) is 33.4. The highest BCUT2D eigenvalue weighted by atomic mass is 16.7. The molecule has 4 aliphatic heterocycles. The van der Waals surface area contributed by atoms with Gasteiger partial charge in [-0.2, -0.15) is 0 Å². The first kappa shape index (κ1) is 54.7. The number of benzene rings is 4. The van der Waals surface area contributed by atoms with E-state index in [4.69, 9.17) is 23.7 Å². The number of aromatic nitrogens is 1. The number of nitrogens with zero attached hydrogens (tertiary/aromatic N) is 1. The summed E-state index contributed by atoms with van der Waals surface area (Å²) in [6, 6.07) is 10.3. The van der Waals surface area contributed by atoms with Crippen molar-refractivity contribution in [2.24, 2.45) is 28.1 Å². The Morgan fingerprint density at radius 2 is 1.73 bits per heavy atom. The SMILES string of the molecule is COc1c2c3c4c(O)c(c5c6c4c1CCC6=CC1CCCC51)C(=O)CN1Cc4c(cccc4C1=O)CC#COC1C(O)C(COC(c4c[nH]c5cc6c(cc45)C4(CC6)CC5(O)CCCC5CC45CCC4(CCC6(CCCC6)C4)C5)C=C2)OC(O3)C1(O)CO. The van der Waals surface area contributed by atoms with Crippen LogP contribution >= 0.6 is 0 Å². The molecule has 1 amide bonds. The van der Waals surface area contributed by atoms with Gasteiger partial charge in [-0.05, 0) is 213 Å². The third kappa shape index (κ3) is 7.46. The zero-order valence-electron chi connectivity index (χ0n) is 50.4. The van der Waals surface area contributed by atoms with E-state index in [9.17, 15) is 30.3 Å². The number of rotatable bonds is 3. The van der Waals surface area contributed by atoms with Crippen LogP contribution in [0.3, 0.4) is 0 Å². The van der Waals surface area contributed by atoms with Crippen molar-refractivity contribution in [3.8, 4) is 29.3 Å². The molecule has 4 spiro atoms. The Balaban J connectivity index is 0.830. The highest BCUT2D eigenvalue weighted by Crippen LogP contribution is 2.76. The van der Waals surface area contributed by atoms with Crippen LogP contribution in [-0.4, -0.2) is 110 Å². The number of methoxy groups -OCH3 is 1. The molecule has 0 radical (unpaired) electrons. The quantitative estimate of drug-likeness (QED) is 0.0936. The van der Waals surface area contributed by atoms with Gasteiger partial charge in [-0.1, -0.05) is 55.9 Å². The third-order valence-corrected chi connectivity index (χ3v) is 26.1. The number of nitrogens with one attached hydrogen (secondary N) is 1. The Morgan fingerprint density at radius 1 is 0.864 bits per heavy atom. The zero-order valence-corrected chi connectivity index (χ0v) is 50.4. The van der Waals surface area contributed by atoms with Crippen LogP contribution in [0.5, 0.6) is 17.2 Å². The van der Waals surface area contributed by atoms with Crippen LogP contribution in [0, 0.1) is 40.1 Å². The van der Waals surface area contributed by atoms with Gasteiger partial charge in [0, 0.05) is 57.6 Å². The van der Waals surface area contributed by atoms with Gasteiger partial charge in [0.2, 0.25) is 6.29 Å². The Morgan fingerprint density at radius 3 is 2.59 bits per heavy atom. The van der Waals surface area contributed by atoms with Crippen molar-refractivity contribution in [2.45, 2.75) is 207 Å². The second-order valence-electron chi connectivity index (χ2n) is 30.1. The number of Topliss-reactive ketones (excluding diaryl/α,β-unsaturated/α-hetero) is 1. The summed E-state index contributed by atoms with van der Waals surface area (Å²) >= 11 is 0. The van der Waals surface area contributed by atoms with Gasteiger partial charge in [-0.15, -0.1) is 0 Å². The molecule has 7 fully saturated rings. The minimum absolute atomic E-state index is 0.0313. The van der Waals surface area contributed by atoms with Crippen molar-refractivity contribution in [3.05, 3.63) is 110 Å². The molecule has 5 heterocycles. The van der Waals surface area contributed by atoms with E-state index in [0.29, 0.717) is 51.9 Å². The number of phenolic OH excluding ortho intramolecular Hbond substituents is 1. The number of ketones is 1. The molecule has 6 N–H and O–H groups in total. The summed E-state index contributed by atoms with van der Waals surface area (Å²) < 4.78 is 33.9. The maximum absolute atomic E-state index is 15.7. The predicted molar refractivity (Wildman–Crippen MR) is 329 cm³/mol. The van der Waals surface area contributed by atoms with Gasteiger partial charge >= 0.3 is 0 Å². The van der Waals surface area contributed by atoms with Crippen LogP contribution in [0.4, 0.5) is 0 Å². The summed E-state index contributed by atoms with van der Waals surface area (Å²) in [5.41, 5.74) is 8.26. The first-order chi connectivity index (χ1) is 42.7. The van der Waals surface area contributed by atoms with Crippen LogP contribution in [0.25, 0.3) is 33.3 Å². The number of hydrogen-bond donors (Lipinski definition) is 6. The Hall–Kier alpha value is -6.18. The summed E-state index contributed by atoms with van der Waals surface area (Å²) in [6.07, 6.45) is 28.3. The van der Waals surface area contributed by atoms with Crippen molar-refractivity contribution < 1.29 is 58.8 Å². The number of aliphatic hydroxyl groups excluding tert-OH is 2. The number of aromatic hydroxyl groups is 1. The van der Waals surface area contributed by atoms with Gasteiger partial charge < -0.3 is 59.1 Å². The number of aliphatic hydroxyl groups is 4. The smallest absolute Gasteiger partial charge is 0.254 e. The van der Waals surface area contributed by atoms with Crippen molar-refractivity contribution in [2.75, 3.05) is 26.9 Å². The molecule has 8 bridgehead atoms. The summed E-state index contributed by atoms with van der Waals surface area (Å²) in [7, 11) is 1.62. The molecule has 88 heavy (non-hydrogen) atoms. The monoisotopic (exact) mass is 1190 g/mol. The van der Waals surface area contributed by atoms with E-state index in [2.05, 4.69) is 35.2 Å². The van der Waals surface area contributed by atoms with Crippen LogP contribution in [0.1, 0.15) is 211 Å². The molecule has 9 aliphatic carbocycles. The average Bonchev–Trinajstić information content (AvgIpc) is 1.40. The van der Waals surface area contributed by atoms with Crippen molar-refractivity contribution >= 4 is 45.0 Å². The number of hydrogen-bond acceptors (Lipinski definition) is 12. The minimum atomic E-state index is -2.48. The lowest BCUT2D eigenvalue weighted by Crippen LogP contribution is -2.70. The molecule has 5 aromatic rings. The number of carbonyl (C=O) groups excluding carboxylic acids is 2. The Labute approximate surface area is 513 Å². The summed E-state index contributed by atoms with van der Waals surface area (Å²) in [5.74, 6) is 3.00. The fourth-order valence-corrected chi connectivity index (χ4v) is 22.2. The topological polar surface area (TPSA) is 200 Å². The largest absolute Gasteiger partial charge is 0.506 e. The van der Waals surface area contributed by atoms with Crippen molar-refractivity contribution in [1.82, 2.24) is 9.88 Å². The molecule has 6 saturated carbocycles. The number of fused-ring (bicyclic) bond motifs is 12. The molecule has 1 saturated heterocycles. The van der Waals surface area contributed by atoms with Gasteiger partial charge in [0.05, 0.1) is 49.0 Å². The number of aromatic amines is 1. The van der Waals surface area contributed by atoms with Gasteiger partial charge in [0.1, 0.15) is 41.7 Å². The van der Waals surface area contributed by atoms with Crippen LogP contribution in [0.2, 0.25) is 0 Å². The number of amides is 1. The van der Waals surface area contributed by atoms with E-state index in [1.54, 1.807) is 24.1 Å². The second-order valence-corrected chi connectivity index (χ2v) is 30.1. The van der Waals surface area contributed by atoms with E-state index < -0.39 is 54.3 Å². The number of H-pyrrole nitrogens is 1. The summed E-state index contributed by atoms with van der Waals surface area (Å²) in [5, 5.41) is 65.4. The predicted octanol–water partition coefficient (Wildman–Crippen LogP) is 11.4. The second kappa shape index (κ2) is 19.2. The molecular weight excluding hydrogens is 1110 g/mol. The summed E-state index contributed by atoms with van der Waals surface area (Å²) in [6.45, 7) is -1.34. The van der Waals surface area contributed by atoms with E-state index >= 15 is 4.79 Å². The van der Waals surface area contributed by atoms with Gasteiger partial charge in [0.25, 0.3) is 5.91 Å². The van der Waals surface area contributed by atoms with Gasteiger partial charge in [-0.3, -0.25) is 9.59 Å². The Bertz CT molecular complexity index is 4010. The number of aryl methyl sites for hydroxylation is 2. The lowest BCUT2D eigenvalue weighted by atomic mass is 9.47. The van der Waals surface area contributed by atoms with E-state index in [-0.39, 0.29) is 77.1 Å². The first-order valence-electron chi connectivity index (χ1n) is 33.4. The number of carbonyl (C=O) groups is 2. The maximum atomic E-state index is 15.7. The lowest BCUT2D eigenvalue weighted by Gasteiger charge is -2.58. The number of ether oxygens (including phenoxy) is 5. The fourth-order valence-electron chi connectivity index (χ4n) is 22.2. The maximum Gasteiger partial charge on any atom is 0.254 e. The number of phenols is 1. The minimum Gasteiger partial charge on any atom is -0.506 e. The molecule has 14 heteroatoms. The molecule has 18 rings (SSSR count). The highest BCUT2D eigenvalue weighted by molar-refractivity contribution is 6.17. The van der Waals surface area contributed by atoms with Crippen LogP contribution in [-0.2, 0) is 45.4 Å². The van der Waals surface area contributed by atoms with E-state index in [0.717, 1.165) is 114 Å². The average molecular weight is 1190 g/mol. The zero-order chi connectivity index (χ0) is 59.4. The fraction of sp³-hybridized carbons (Fsp3) is 0.568. The molecule has 4 aromatic carbocycles. The van der Waals surface area contributed by atoms with Gasteiger partial charge in [-0.25, -0.2) is 0 Å². The van der Waals surface area contributed by atoms with Crippen LogP contribution < -0.4 is 9.47 Å². The standard InChI is InChI=1S/C74H80N2O12/c1-84-64-47-15-14-43-28-41-9-5-12-45(41)58-57(43)59(47)61-63(80)60(58)54(78)34-76-33-51-40(8-4-13-46(51)67(76)81)10-7-27-85-66-62(79)56-35-86-55(17-16-48(64)65(61)88-68(87-56)74(66,83)39-77)50-32-75-53-29-42-18-22-72(52(42)30-49(50)53)38-73(82)21-6-11-44(73)31-71(72)26-25-70(37-71)24-23-69(36-70)19-2-3-20-69/h4,8,13,16-17,28-30,32,41,44-45,55-56,62,66,68,75,77,79-80,82-83H,2-3,5-6,9-12,14-15,18-26,31,33-39H2,1H3. The molecule has 13 atom stereocenters. The van der Waals surface area contributed by atoms with Crippen molar-refractivity contribution in [1.29, 1.82) is 0 Å². The van der Waals surface area contributed by atoms with E-state index in [1.807, 2.05) is 24.4 Å². The van der Waals surface area contributed by atoms with Crippen molar-refractivity contribution in [3.63, 3.8) is 0 Å². The molecule has 13 aliphatic rings. The molecule has 14 nitrogen and oxygen atoms in total.